The molecule has 204 valence electrons. The third-order valence-electron chi connectivity index (χ3n) is 8.13. The fourth-order valence-corrected chi connectivity index (χ4v) is 6.01. The first kappa shape index (κ1) is 24.7. The molecule has 0 atom stereocenters. The second-order valence-electron chi connectivity index (χ2n) is 10.9. The van der Waals surface area contributed by atoms with Crippen LogP contribution in [-0.4, -0.2) is 62.2 Å². The summed E-state index contributed by atoms with van der Waals surface area (Å²) >= 11 is 0. The lowest BCUT2D eigenvalue weighted by Gasteiger charge is -2.28. The molecular weight excluding hydrogens is 502 g/mol. The van der Waals surface area contributed by atoms with Crippen molar-refractivity contribution in [1.29, 1.82) is 0 Å². The SMILES string of the molecule is O=C(CC1CCNCC1)Nc1cncc(-c2ccc3[nH]nc(-c4cc5c(N6CCCCC6)cncc5[nH]4)c3n2)c1. The summed E-state index contributed by atoms with van der Waals surface area (Å²) in [5.74, 6) is 0.459. The Morgan fingerprint density at radius 2 is 1.82 bits per heavy atom. The summed E-state index contributed by atoms with van der Waals surface area (Å²) in [6, 6.07) is 8.02. The van der Waals surface area contributed by atoms with Gasteiger partial charge in [0, 0.05) is 36.7 Å². The summed E-state index contributed by atoms with van der Waals surface area (Å²) in [4.78, 5) is 32.5. The van der Waals surface area contributed by atoms with Crippen LogP contribution in [0.5, 0.6) is 0 Å². The number of aromatic nitrogens is 6. The Kier molecular flexibility index (Phi) is 6.60. The molecule has 2 fully saturated rings. The molecule has 2 aliphatic heterocycles. The molecular formula is C30H33N9O. The van der Waals surface area contributed by atoms with Crippen molar-refractivity contribution in [2.75, 3.05) is 36.4 Å². The number of hydrogen-bond acceptors (Lipinski definition) is 7. The van der Waals surface area contributed by atoms with Gasteiger partial charge in [0.05, 0.1) is 52.4 Å². The maximum Gasteiger partial charge on any atom is 0.224 e. The number of piperidine rings is 2. The lowest BCUT2D eigenvalue weighted by Crippen LogP contribution is -2.30. The predicted molar refractivity (Wildman–Crippen MR) is 157 cm³/mol. The smallest absolute Gasteiger partial charge is 0.224 e. The second kappa shape index (κ2) is 10.7. The van der Waals surface area contributed by atoms with E-state index in [-0.39, 0.29) is 5.91 Å². The average molecular weight is 536 g/mol. The number of hydrogen-bond donors (Lipinski definition) is 4. The molecule has 0 unspecified atom stereocenters. The van der Waals surface area contributed by atoms with Crippen molar-refractivity contribution >= 4 is 39.2 Å². The Hall–Kier alpha value is -4.31. The van der Waals surface area contributed by atoms with Crippen LogP contribution >= 0.6 is 0 Å². The van der Waals surface area contributed by atoms with Crippen LogP contribution in [0.15, 0.2) is 49.1 Å². The van der Waals surface area contributed by atoms with E-state index in [1.165, 1.54) is 24.9 Å². The largest absolute Gasteiger partial charge is 0.370 e. The Labute approximate surface area is 232 Å². The van der Waals surface area contributed by atoms with Crippen molar-refractivity contribution in [3.05, 3.63) is 49.1 Å². The number of amides is 1. The normalized spacial score (nSPS) is 16.6. The van der Waals surface area contributed by atoms with Gasteiger partial charge in [0.15, 0.2) is 0 Å². The quantitative estimate of drug-likeness (QED) is 0.244. The van der Waals surface area contributed by atoms with Crippen molar-refractivity contribution in [3.8, 4) is 22.6 Å². The number of H-pyrrole nitrogens is 2. The summed E-state index contributed by atoms with van der Waals surface area (Å²) in [7, 11) is 0. The first-order chi connectivity index (χ1) is 19.7. The molecule has 0 spiro atoms. The minimum Gasteiger partial charge on any atom is -0.370 e. The average Bonchev–Trinajstić information content (AvgIpc) is 3.62. The van der Waals surface area contributed by atoms with Gasteiger partial charge in [-0.1, -0.05) is 0 Å². The molecule has 5 aromatic rings. The number of rotatable bonds is 6. The van der Waals surface area contributed by atoms with Gasteiger partial charge in [-0.15, -0.1) is 0 Å². The zero-order chi connectivity index (χ0) is 26.9. The highest BCUT2D eigenvalue weighted by Gasteiger charge is 2.20. The van der Waals surface area contributed by atoms with Gasteiger partial charge in [-0.05, 0) is 75.4 Å². The Morgan fingerprint density at radius 1 is 0.975 bits per heavy atom. The highest BCUT2D eigenvalue weighted by Crippen LogP contribution is 2.34. The zero-order valence-electron chi connectivity index (χ0n) is 22.4. The topological polar surface area (TPSA) is 128 Å². The van der Waals surface area contributed by atoms with Crippen LogP contribution < -0.4 is 15.5 Å². The number of nitrogens with one attached hydrogen (secondary N) is 4. The van der Waals surface area contributed by atoms with E-state index in [2.05, 4.69) is 46.7 Å². The van der Waals surface area contributed by atoms with E-state index in [0.29, 0.717) is 18.0 Å². The first-order valence-corrected chi connectivity index (χ1v) is 14.2. The molecule has 1 amide bonds. The van der Waals surface area contributed by atoms with E-state index < -0.39 is 0 Å². The van der Waals surface area contributed by atoms with Crippen molar-refractivity contribution in [2.24, 2.45) is 5.92 Å². The molecule has 40 heavy (non-hydrogen) atoms. The maximum atomic E-state index is 12.7. The molecule has 7 heterocycles. The summed E-state index contributed by atoms with van der Waals surface area (Å²) in [6.45, 7) is 4.08. The predicted octanol–water partition coefficient (Wildman–Crippen LogP) is 4.88. The van der Waals surface area contributed by atoms with Gasteiger partial charge >= 0.3 is 0 Å². The van der Waals surface area contributed by atoms with Gasteiger partial charge in [0.25, 0.3) is 0 Å². The molecule has 5 aromatic heterocycles. The van der Waals surface area contributed by atoms with E-state index >= 15 is 0 Å². The van der Waals surface area contributed by atoms with Crippen molar-refractivity contribution in [1.82, 2.24) is 35.5 Å². The molecule has 7 rings (SSSR count). The number of carbonyl (C=O) groups excluding carboxylic acids is 1. The van der Waals surface area contributed by atoms with E-state index in [9.17, 15) is 4.79 Å². The number of carbonyl (C=O) groups is 1. The third kappa shape index (κ3) is 4.90. The van der Waals surface area contributed by atoms with Gasteiger partial charge in [-0.25, -0.2) is 4.98 Å². The third-order valence-corrected chi connectivity index (χ3v) is 8.13. The minimum absolute atomic E-state index is 0.0311. The monoisotopic (exact) mass is 535 g/mol. The Morgan fingerprint density at radius 3 is 2.70 bits per heavy atom. The fraction of sp³-hybridized carbons (Fsp3) is 0.367. The van der Waals surface area contributed by atoms with Gasteiger partial charge < -0.3 is 20.5 Å². The zero-order valence-corrected chi connectivity index (χ0v) is 22.4. The van der Waals surface area contributed by atoms with E-state index in [1.54, 1.807) is 12.4 Å². The summed E-state index contributed by atoms with van der Waals surface area (Å²) < 4.78 is 0. The number of pyridine rings is 3. The molecule has 0 aromatic carbocycles. The molecule has 10 nitrogen and oxygen atoms in total. The summed E-state index contributed by atoms with van der Waals surface area (Å²) in [6.07, 6.45) is 13.6. The van der Waals surface area contributed by atoms with Crippen LogP contribution in [0.25, 0.3) is 44.6 Å². The molecule has 0 aliphatic carbocycles. The summed E-state index contributed by atoms with van der Waals surface area (Å²) in [5, 5.41) is 15.3. The standard InChI is InChI=1S/C30H33N9O/c40-28(12-19-6-8-31-9-7-19)34-21-13-20(15-32-16-21)23-4-5-24-29(36-23)30(38-37-24)25-14-22-26(35-25)17-33-18-27(22)39-10-2-1-3-11-39/h4-5,13-19,31,35H,1-3,6-12H2,(H,34,40)(H,37,38). The number of nitrogens with zero attached hydrogens (tertiary/aromatic N) is 5. The highest BCUT2D eigenvalue weighted by molar-refractivity contribution is 5.99. The molecule has 2 aliphatic rings. The lowest BCUT2D eigenvalue weighted by molar-refractivity contribution is -0.117. The second-order valence-corrected chi connectivity index (χ2v) is 10.9. The molecule has 2 saturated heterocycles. The lowest BCUT2D eigenvalue weighted by atomic mass is 9.94. The minimum atomic E-state index is 0.0311. The van der Waals surface area contributed by atoms with Crippen molar-refractivity contribution < 1.29 is 4.79 Å². The molecule has 0 bridgehead atoms. The molecule has 10 heteroatoms. The van der Waals surface area contributed by atoms with Crippen LogP contribution in [-0.2, 0) is 4.79 Å². The Balaban J connectivity index is 1.17. The molecule has 0 radical (unpaired) electrons. The first-order valence-electron chi connectivity index (χ1n) is 14.2. The maximum absolute atomic E-state index is 12.7. The van der Waals surface area contributed by atoms with E-state index in [4.69, 9.17) is 4.98 Å². The van der Waals surface area contributed by atoms with Crippen LogP contribution in [0.3, 0.4) is 0 Å². The summed E-state index contributed by atoms with van der Waals surface area (Å²) in [5.41, 5.74) is 7.72. The van der Waals surface area contributed by atoms with Crippen LogP contribution in [0.4, 0.5) is 11.4 Å². The van der Waals surface area contributed by atoms with Gasteiger partial charge in [0.1, 0.15) is 11.2 Å². The van der Waals surface area contributed by atoms with Gasteiger partial charge in [-0.3, -0.25) is 19.9 Å². The van der Waals surface area contributed by atoms with E-state index in [0.717, 1.165) is 83.6 Å². The number of anilines is 2. The van der Waals surface area contributed by atoms with Gasteiger partial charge in [0.2, 0.25) is 5.91 Å². The Bertz CT molecular complexity index is 1660. The van der Waals surface area contributed by atoms with Crippen LogP contribution in [0.1, 0.15) is 38.5 Å². The van der Waals surface area contributed by atoms with Crippen LogP contribution in [0, 0.1) is 5.92 Å². The number of fused-ring (bicyclic) bond motifs is 2. The molecule has 4 N–H and O–H groups in total. The molecule has 0 saturated carbocycles. The van der Waals surface area contributed by atoms with Crippen molar-refractivity contribution in [3.63, 3.8) is 0 Å². The van der Waals surface area contributed by atoms with E-state index in [1.807, 2.05) is 30.6 Å². The fourth-order valence-electron chi connectivity index (χ4n) is 6.01. The van der Waals surface area contributed by atoms with Gasteiger partial charge in [-0.2, -0.15) is 5.10 Å². The number of aromatic amines is 2. The highest BCUT2D eigenvalue weighted by atomic mass is 16.1. The van der Waals surface area contributed by atoms with Crippen LogP contribution in [0.2, 0.25) is 0 Å². The van der Waals surface area contributed by atoms with Crippen molar-refractivity contribution in [2.45, 2.75) is 38.5 Å².